The minimum Gasteiger partial charge on any atom is -0.314 e. The van der Waals surface area contributed by atoms with E-state index in [1.54, 1.807) is 0 Å². The molecule has 0 spiro atoms. The maximum Gasteiger partial charge on any atom is 0.00966 e. The summed E-state index contributed by atoms with van der Waals surface area (Å²) in [5.74, 6) is 0. The van der Waals surface area contributed by atoms with Crippen molar-refractivity contribution in [2.45, 2.75) is 77.8 Å². The molecule has 18 heavy (non-hydrogen) atoms. The van der Waals surface area contributed by atoms with Crippen molar-refractivity contribution in [3.05, 3.63) is 0 Å². The van der Waals surface area contributed by atoms with Gasteiger partial charge in [0.1, 0.15) is 0 Å². The highest BCUT2D eigenvalue weighted by Crippen LogP contribution is 2.40. The molecule has 0 aromatic heterocycles. The second-order valence-electron chi connectivity index (χ2n) is 6.94. The van der Waals surface area contributed by atoms with E-state index in [1.807, 2.05) is 0 Å². The monoisotopic (exact) mass is 252 g/mol. The molecule has 2 rings (SSSR count). The van der Waals surface area contributed by atoms with Crippen molar-refractivity contribution >= 4 is 0 Å². The predicted molar refractivity (Wildman–Crippen MR) is 78.9 cm³/mol. The standard InChI is InChI=1S/C16H32N2/c1-4-11-18(15-7-8-15)13-16(9-5-6-10-16)12-17-14(2)3/h14-15,17H,4-13H2,1-3H3. The maximum absolute atomic E-state index is 3.71. The second-order valence-corrected chi connectivity index (χ2v) is 6.94. The zero-order valence-electron chi connectivity index (χ0n) is 12.7. The molecule has 0 saturated heterocycles. The lowest BCUT2D eigenvalue weighted by Crippen LogP contribution is -2.45. The Morgan fingerprint density at radius 2 is 1.89 bits per heavy atom. The zero-order chi connectivity index (χ0) is 13.0. The van der Waals surface area contributed by atoms with Crippen molar-refractivity contribution in [2.75, 3.05) is 19.6 Å². The third-order valence-corrected chi connectivity index (χ3v) is 4.66. The highest BCUT2D eigenvalue weighted by Gasteiger charge is 2.39. The summed E-state index contributed by atoms with van der Waals surface area (Å²) >= 11 is 0. The Balaban J connectivity index is 1.91. The molecule has 2 aliphatic carbocycles. The van der Waals surface area contributed by atoms with Gasteiger partial charge in [-0.25, -0.2) is 0 Å². The smallest absolute Gasteiger partial charge is 0.00966 e. The summed E-state index contributed by atoms with van der Waals surface area (Å²) < 4.78 is 0. The summed E-state index contributed by atoms with van der Waals surface area (Å²) in [6.07, 6.45) is 10.00. The Morgan fingerprint density at radius 1 is 1.22 bits per heavy atom. The Kier molecular flexibility index (Phi) is 5.08. The van der Waals surface area contributed by atoms with Crippen molar-refractivity contribution in [2.24, 2.45) is 5.41 Å². The van der Waals surface area contributed by atoms with E-state index in [9.17, 15) is 0 Å². The first-order chi connectivity index (χ1) is 8.65. The third-order valence-electron chi connectivity index (χ3n) is 4.66. The number of hydrogen-bond acceptors (Lipinski definition) is 2. The molecule has 0 radical (unpaired) electrons. The van der Waals surface area contributed by atoms with Crippen molar-refractivity contribution in [1.29, 1.82) is 0 Å². The van der Waals surface area contributed by atoms with Gasteiger partial charge in [0.2, 0.25) is 0 Å². The third kappa shape index (κ3) is 3.96. The van der Waals surface area contributed by atoms with E-state index in [-0.39, 0.29) is 0 Å². The molecular weight excluding hydrogens is 220 g/mol. The van der Waals surface area contributed by atoms with Crippen molar-refractivity contribution < 1.29 is 0 Å². The largest absolute Gasteiger partial charge is 0.314 e. The molecule has 1 N–H and O–H groups in total. The Morgan fingerprint density at radius 3 is 2.39 bits per heavy atom. The van der Waals surface area contributed by atoms with Gasteiger partial charge >= 0.3 is 0 Å². The first-order valence-corrected chi connectivity index (χ1v) is 8.13. The van der Waals surface area contributed by atoms with Crippen molar-refractivity contribution in [3.63, 3.8) is 0 Å². The fraction of sp³-hybridized carbons (Fsp3) is 1.00. The van der Waals surface area contributed by atoms with Crippen LogP contribution in [0.3, 0.4) is 0 Å². The lowest BCUT2D eigenvalue weighted by Gasteiger charge is -2.36. The molecule has 0 aromatic rings. The van der Waals surface area contributed by atoms with E-state index >= 15 is 0 Å². The highest BCUT2D eigenvalue weighted by molar-refractivity contribution is 4.94. The van der Waals surface area contributed by atoms with E-state index in [0.29, 0.717) is 11.5 Å². The summed E-state index contributed by atoms with van der Waals surface area (Å²) in [5.41, 5.74) is 0.585. The van der Waals surface area contributed by atoms with Gasteiger partial charge in [0, 0.05) is 25.2 Å². The van der Waals surface area contributed by atoms with Gasteiger partial charge in [-0.15, -0.1) is 0 Å². The van der Waals surface area contributed by atoms with E-state index in [4.69, 9.17) is 0 Å². The van der Waals surface area contributed by atoms with Crippen LogP contribution < -0.4 is 5.32 Å². The zero-order valence-corrected chi connectivity index (χ0v) is 12.7. The van der Waals surface area contributed by atoms with Gasteiger partial charge in [-0.05, 0) is 44.1 Å². The Labute approximate surface area is 114 Å². The molecule has 0 aromatic carbocycles. The molecule has 0 aliphatic heterocycles. The molecule has 0 atom stereocenters. The molecule has 0 amide bonds. The average Bonchev–Trinajstić information content (AvgIpc) is 3.08. The SMILES string of the molecule is CCCN(CC1(CNC(C)C)CCCC1)C1CC1. The normalized spacial score (nSPS) is 23.2. The summed E-state index contributed by atoms with van der Waals surface area (Å²) in [7, 11) is 0. The van der Waals surface area contributed by atoms with Gasteiger partial charge in [0.15, 0.2) is 0 Å². The molecule has 2 nitrogen and oxygen atoms in total. The fourth-order valence-electron chi connectivity index (χ4n) is 3.48. The average molecular weight is 252 g/mol. The molecule has 0 heterocycles. The Hall–Kier alpha value is -0.0800. The predicted octanol–water partition coefficient (Wildman–Crippen LogP) is 3.42. The van der Waals surface area contributed by atoms with Gasteiger partial charge in [-0.2, -0.15) is 0 Å². The van der Waals surface area contributed by atoms with Gasteiger partial charge in [-0.3, -0.25) is 4.90 Å². The first kappa shape index (κ1) is 14.3. The summed E-state index contributed by atoms with van der Waals surface area (Å²) in [6, 6.07) is 1.56. The van der Waals surface area contributed by atoms with Crippen LogP contribution in [-0.2, 0) is 0 Å². The molecule has 0 unspecified atom stereocenters. The minimum atomic E-state index is 0.585. The van der Waals surface area contributed by atoms with Crippen LogP contribution >= 0.6 is 0 Å². The second kappa shape index (κ2) is 6.38. The summed E-state index contributed by atoms with van der Waals surface area (Å²) in [6.45, 7) is 10.8. The lowest BCUT2D eigenvalue weighted by atomic mass is 9.85. The number of hydrogen-bond donors (Lipinski definition) is 1. The van der Waals surface area contributed by atoms with Crippen LogP contribution in [0.5, 0.6) is 0 Å². The van der Waals surface area contributed by atoms with E-state index < -0.39 is 0 Å². The van der Waals surface area contributed by atoms with Gasteiger partial charge in [0.25, 0.3) is 0 Å². The first-order valence-electron chi connectivity index (χ1n) is 8.13. The van der Waals surface area contributed by atoms with Crippen molar-refractivity contribution in [3.8, 4) is 0 Å². The highest BCUT2D eigenvalue weighted by atomic mass is 15.2. The summed E-state index contributed by atoms with van der Waals surface area (Å²) in [4.78, 5) is 2.80. The lowest BCUT2D eigenvalue weighted by molar-refractivity contribution is 0.139. The molecule has 2 heteroatoms. The van der Waals surface area contributed by atoms with Crippen molar-refractivity contribution in [1.82, 2.24) is 10.2 Å². The molecule has 2 saturated carbocycles. The van der Waals surface area contributed by atoms with Gasteiger partial charge in [0.05, 0.1) is 0 Å². The van der Waals surface area contributed by atoms with E-state index in [1.165, 1.54) is 64.6 Å². The van der Waals surface area contributed by atoms with Crippen LogP contribution in [0.15, 0.2) is 0 Å². The molecule has 2 fully saturated rings. The van der Waals surface area contributed by atoms with E-state index in [0.717, 1.165) is 6.04 Å². The van der Waals surface area contributed by atoms with Gasteiger partial charge in [-0.1, -0.05) is 33.6 Å². The summed E-state index contributed by atoms with van der Waals surface area (Å²) in [5, 5.41) is 3.71. The fourth-order valence-corrected chi connectivity index (χ4v) is 3.48. The van der Waals surface area contributed by atoms with Crippen LogP contribution in [0, 0.1) is 5.41 Å². The minimum absolute atomic E-state index is 0.585. The molecule has 0 bridgehead atoms. The van der Waals surface area contributed by atoms with Crippen LogP contribution in [0.1, 0.15) is 65.7 Å². The van der Waals surface area contributed by atoms with Crippen LogP contribution in [-0.4, -0.2) is 36.6 Å². The van der Waals surface area contributed by atoms with Crippen LogP contribution in [0.25, 0.3) is 0 Å². The van der Waals surface area contributed by atoms with Crippen LogP contribution in [0.2, 0.25) is 0 Å². The molecule has 106 valence electrons. The number of rotatable bonds is 8. The van der Waals surface area contributed by atoms with E-state index in [2.05, 4.69) is 31.0 Å². The van der Waals surface area contributed by atoms with Crippen LogP contribution in [0.4, 0.5) is 0 Å². The quantitative estimate of drug-likeness (QED) is 0.712. The molecule has 2 aliphatic rings. The Bertz CT molecular complexity index is 239. The van der Waals surface area contributed by atoms with Gasteiger partial charge < -0.3 is 5.32 Å². The molecular formula is C16H32N2. The topological polar surface area (TPSA) is 15.3 Å². The maximum atomic E-state index is 3.71. The number of nitrogens with one attached hydrogen (secondary N) is 1. The number of nitrogens with zero attached hydrogens (tertiary/aromatic N) is 1.